The molecule has 0 aromatic carbocycles. The zero-order chi connectivity index (χ0) is 14.9. The number of piperidine rings is 1. The fraction of sp³-hybridized carbons (Fsp3) is 0.600. The van der Waals surface area contributed by atoms with Gasteiger partial charge < -0.3 is 20.8 Å². The Kier molecular flexibility index (Phi) is 3.74. The first kappa shape index (κ1) is 14.1. The molecule has 4 N–H and O–H groups in total. The summed E-state index contributed by atoms with van der Waals surface area (Å²) in [4.78, 5) is 40.1. The fourth-order valence-corrected chi connectivity index (χ4v) is 2.16. The van der Waals surface area contributed by atoms with Gasteiger partial charge in [-0.25, -0.2) is 4.79 Å². The van der Waals surface area contributed by atoms with Crippen LogP contribution in [0, 0.1) is 0 Å². The molecule has 10 heteroatoms. The molecule has 2 rings (SSSR count). The van der Waals surface area contributed by atoms with Gasteiger partial charge in [-0.05, 0) is 0 Å². The van der Waals surface area contributed by atoms with Gasteiger partial charge in [-0.1, -0.05) is 5.16 Å². The van der Waals surface area contributed by atoms with Crippen LogP contribution in [0.1, 0.15) is 6.42 Å². The van der Waals surface area contributed by atoms with Gasteiger partial charge >= 0.3 is 6.03 Å². The highest BCUT2D eigenvalue weighted by Gasteiger charge is 2.50. The van der Waals surface area contributed by atoms with Crippen LogP contribution in [0.3, 0.4) is 0 Å². The van der Waals surface area contributed by atoms with Crippen molar-refractivity contribution in [3.8, 4) is 0 Å². The maximum absolute atomic E-state index is 11.7. The predicted molar refractivity (Wildman–Crippen MR) is 64.6 cm³/mol. The number of carbonyl (C=O) groups is 3. The highest BCUT2D eigenvalue weighted by molar-refractivity contribution is 6.02. The van der Waals surface area contributed by atoms with Gasteiger partial charge in [0.2, 0.25) is 5.91 Å². The molecule has 0 aromatic rings. The third-order valence-corrected chi connectivity index (χ3v) is 3.25. The van der Waals surface area contributed by atoms with Gasteiger partial charge in [0.1, 0.15) is 12.1 Å². The second kappa shape index (κ2) is 5.33. The number of nitrogens with one attached hydrogen (secondary N) is 1. The van der Waals surface area contributed by atoms with Crippen LogP contribution in [0.25, 0.3) is 0 Å². The van der Waals surface area contributed by atoms with E-state index in [1.165, 1.54) is 11.9 Å². The van der Waals surface area contributed by atoms with Crippen molar-refractivity contribution < 1.29 is 24.4 Å². The van der Waals surface area contributed by atoms with Gasteiger partial charge in [-0.2, -0.15) is 5.06 Å². The van der Waals surface area contributed by atoms with Crippen molar-refractivity contribution >= 4 is 23.6 Å². The van der Waals surface area contributed by atoms with Crippen LogP contribution in [-0.4, -0.2) is 71.0 Å². The van der Waals surface area contributed by atoms with Crippen LogP contribution < -0.4 is 11.1 Å². The van der Waals surface area contributed by atoms with E-state index in [1.54, 1.807) is 0 Å². The molecule has 2 saturated heterocycles. The van der Waals surface area contributed by atoms with E-state index in [0.29, 0.717) is 10.8 Å². The van der Waals surface area contributed by atoms with Crippen LogP contribution in [0.15, 0.2) is 5.16 Å². The molecule has 2 aliphatic rings. The molecular weight excluding hydrogens is 270 g/mol. The number of hydrogen-bond donors (Lipinski definition) is 3. The van der Waals surface area contributed by atoms with E-state index >= 15 is 0 Å². The summed E-state index contributed by atoms with van der Waals surface area (Å²) in [7, 11) is 1.45. The zero-order valence-corrected chi connectivity index (χ0v) is 10.8. The first-order valence-corrected chi connectivity index (χ1v) is 5.93. The van der Waals surface area contributed by atoms with Gasteiger partial charge in [-0.3, -0.25) is 14.8 Å². The van der Waals surface area contributed by atoms with Crippen LogP contribution in [0.5, 0.6) is 0 Å². The molecule has 10 nitrogen and oxygen atoms in total. The number of amides is 4. The summed E-state index contributed by atoms with van der Waals surface area (Å²) >= 11 is 0. The highest BCUT2D eigenvalue weighted by atomic mass is 16.6. The molecule has 2 fully saturated rings. The number of carbonyl (C=O) groups excluding carboxylic acids is 3. The van der Waals surface area contributed by atoms with Crippen LogP contribution in [0.2, 0.25) is 0 Å². The number of likely N-dealkylation sites (N-methyl/N-ethyl adjacent to an activating group) is 1. The third kappa shape index (κ3) is 2.37. The Morgan fingerprint density at radius 2 is 2.30 bits per heavy atom. The third-order valence-electron chi connectivity index (χ3n) is 3.25. The van der Waals surface area contributed by atoms with E-state index < -0.39 is 24.0 Å². The van der Waals surface area contributed by atoms with Gasteiger partial charge in [0, 0.05) is 13.5 Å². The molecule has 110 valence electrons. The Hall–Kier alpha value is -2.36. The number of nitrogens with two attached hydrogens (primary N) is 1. The van der Waals surface area contributed by atoms with E-state index in [0.717, 1.165) is 0 Å². The van der Waals surface area contributed by atoms with Crippen molar-refractivity contribution in [3.63, 3.8) is 0 Å². The molecule has 2 atom stereocenters. The normalized spacial score (nSPS) is 26.9. The van der Waals surface area contributed by atoms with E-state index in [9.17, 15) is 19.6 Å². The average Bonchev–Trinajstić information content (AvgIpc) is 2.67. The summed E-state index contributed by atoms with van der Waals surface area (Å²) in [5, 5.41) is 16.2. The van der Waals surface area contributed by atoms with Crippen molar-refractivity contribution in [1.82, 2.24) is 15.3 Å². The lowest BCUT2D eigenvalue weighted by molar-refractivity contribution is -0.125. The second-order valence-corrected chi connectivity index (χ2v) is 4.45. The molecule has 2 heterocycles. The number of nitrogens with zero attached hydrogens (tertiary/aromatic N) is 3. The van der Waals surface area contributed by atoms with Crippen molar-refractivity contribution in [2.24, 2.45) is 10.9 Å². The van der Waals surface area contributed by atoms with Crippen molar-refractivity contribution in [3.05, 3.63) is 0 Å². The Bertz CT molecular complexity index is 479. The summed E-state index contributed by atoms with van der Waals surface area (Å²) in [6.45, 7) is -0.192. The number of primary amides is 1. The zero-order valence-electron chi connectivity index (χ0n) is 10.8. The van der Waals surface area contributed by atoms with Gasteiger partial charge in [0.25, 0.3) is 5.91 Å². The van der Waals surface area contributed by atoms with Gasteiger partial charge in [0.05, 0.1) is 12.3 Å². The maximum Gasteiger partial charge on any atom is 0.345 e. The summed E-state index contributed by atoms with van der Waals surface area (Å²) in [6.07, 6.45) is 0.0660. The standard InChI is InChI=1S/C10H15N5O5/c1-12-8(16)4-20-13-5-2-6(9(11)17)14-3-7(5)15(19)10(14)18/h6-7,19H,2-4H2,1H3,(H2,11,17)(H,12,16)/b13-5+/t6-,7-/m0/s1. The number of fused-ring (bicyclic) bond motifs is 2. The van der Waals surface area contributed by atoms with Crippen LogP contribution in [-0.2, 0) is 14.4 Å². The van der Waals surface area contributed by atoms with E-state index in [1.807, 2.05) is 0 Å². The molecule has 0 unspecified atom stereocenters. The van der Waals surface area contributed by atoms with Gasteiger partial charge in [0.15, 0.2) is 6.61 Å². The minimum absolute atomic E-state index is 0.0660. The van der Waals surface area contributed by atoms with Gasteiger partial charge in [-0.15, -0.1) is 0 Å². The number of oxime groups is 1. The number of rotatable bonds is 4. The number of hydroxylamine groups is 2. The van der Waals surface area contributed by atoms with Crippen molar-refractivity contribution in [2.75, 3.05) is 20.2 Å². The number of hydrogen-bond acceptors (Lipinski definition) is 6. The predicted octanol–water partition coefficient (Wildman–Crippen LogP) is -2.14. The largest absolute Gasteiger partial charge is 0.386 e. The Morgan fingerprint density at radius 3 is 2.90 bits per heavy atom. The molecule has 0 aromatic heterocycles. The lowest BCUT2D eigenvalue weighted by Crippen LogP contribution is -2.51. The second-order valence-electron chi connectivity index (χ2n) is 4.45. The average molecular weight is 285 g/mol. The minimum atomic E-state index is -0.877. The minimum Gasteiger partial charge on any atom is -0.386 e. The van der Waals surface area contributed by atoms with E-state index in [2.05, 4.69) is 10.5 Å². The van der Waals surface area contributed by atoms with Crippen molar-refractivity contribution in [2.45, 2.75) is 18.5 Å². The van der Waals surface area contributed by atoms with Crippen LogP contribution >= 0.6 is 0 Å². The van der Waals surface area contributed by atoms with E-state index in [-0.39, 0.29) is 25.5 Å². The molecule has 0 saturated carbocycles. The maximum atomic E-state index is 11.7. The summed E-state index contributed by atoms with van der Waals surface area (Å²) in [6, 6.07) is -2.27. The molecule has 2 aliphatic heterocycles. The first-order chi connectivity index (χ1) is 9.45. The monoisotopic (exact) mass is 285 g/mol. The molecule has 0 radical (unpaired) electrons. The summed E-state index contributed by atoms with van der Waals surface area (Å²) < 4.78 is 0. The molecule has 2 bridgehead atoms. The summed E-state index contributed by atoms with van der Waals surface area (Å²) in [5.41, 5.74) is 5.52. The lowest BCUT2D eigenvalue weighted by atomic mass is 9.98. The topological polar surface area (TPSA) is 138 Å². The van der Waals surface area contributed by atoms with E-state index in [4.69, 9.17) is 10.6 Å². The SMILES string of the molecule is CNC(=O)CO/N=C1\C[C@@H](C(N)=O)N2C[C@@H]1N(O)C2=O. The summed E-state index contributed by atoms with van der Waals surface area (Å²) in [5.74, 6) is -1.06. The Morgan fingerprint density at radius 1 is 1.60 bits per heavy atom. The van der Waals surface area contributed by atoms with Crippen LogP contribution in [0.4, 0.5) is 4.79 Å². The highest BCUT2D eigenvalue weighted by Crippen LogP contribution is 2.27. The molecule has 20 heavy (non-hydrogen) atoms. The Balaban J connectivity index is 2.13. The quantitative estimate of drug-likeness (QED) is 0.399. The molecule has 4 amide bonds. The molecular formula is C10H15N5O5. The Labute approximate surface area is 114 Å². The molecule has 0 aliphatic carbocycles. The lowest BCUT2D eigenvalue weighted by Gasteiger charge is -2.28. The molecule has 0 spiro atoms. The number of urea groups is 1. The smallest absolute Gasteiger partial charge is 0.345 e. The van der Waals surface area contributed by atoms with Crippen molar-refractivity contribution in [1.29, 1.82) is 0 Å². The first-order valence-electron chi connectivity index (χ1n) is 5.93. The fourth-order valence-electron chi connectivity index (χ4n) is 2.16.